The van der Waals surface area contributed by atoms with E-state index in [4.69, 9.17) is 16.3 Å². The number of esters is 1. The van der Waals surface area contributed by atoms with Crippen molar-refractivity contribution in [3.63, 3.8) is 0 Å². The molecule has 0 unspecified atom stereocenters. The van der Waals surface area contributed by atoms with Crippen molar-refractivity contribution >= 4 is 41.1 Å². The van der Waals surface area contributed by atoms with E-state index < -0.39 is 18.5 Å². The molecule has 2 rings (SSSR count). The van der Waals surface area contributed by atoms with Gasteiger partial charge in [0.25, 0.3) is 11.8 Å². The monoisotopic (exact) mass is 372 g/mol. The molecule has 2 aromatic carbocycles. The lowest BCUT2D eigenvalue weighted by Crippen LogP contribution is -2.21. The predicted molar refractivity (Wildman–Crippen MR) is 99.9 cm³/mol. The number of rotatable bonds is 6. The number of amides is 2. The number of anilines is 1. The minimum absolute atomic E-state index is 0.266. The molecule has 0 saturated heterocycles. The van der Waals surface area contributed by atoms with Crippen molar-refractivity contribution in [1.82, 2.24) is 5.32 Å². The molecular weight excluding hydrogens is 356 g/mol. The Hall–Kier alpha value is -3.12. The van der Waals surface area contributed by atoms with Crippen LogP contribution in [0.3, 0.4) is 0 Å². The van der Waals surface area contributed by atoms with Gasteiger partial charge in [0.1, 0.15) is 0 Å². The molecule has 134 valence electrons. The van der Waals surface area contributed by atoms with Gasteiger partial charge in [-0.1, -0.05) is 35.9 Å². The third kappa shape index (κ3) is 5.75. The molecule has 2 amide bonds. The minimum Gasteiger partial charge on any atom is -0.452 e. The maximum Gasteiger partial charge on any atom is 0.331 e. The fraction of sp³-hybridized carbons (Fsp3) is 0.105. The molecule has 6 nitrogen and oxygen atoms in total. The second kappa shape index (κ2) is 9.39. The van der Waals surface area contributed by atoms with E-state index in [2.05, 4.69) is 10.6 Å². The van der Waals surface area contributed by atoms with Crippen molar-refractivity contribution in [2.24, 2.45) is 0 Å². The number of carbonyl (C=O) groups excluding carboxylic acids is 3. The molecule has 0 aromatic heterocycles. The first-order valence-corrected chi connectivity index (χ1v) is 8.09. The summed E-state index contributed by atoms with van der Waals surface area (Å²) in [5, 5.41) is 5.56. The van der Waals surface area contributed by atoms with Crippen molar-refractivity contribution in [1.29, 1.82) is 0 Å². The summed E-state index contributed by atoms with van der Waals surface area (Å²) in [6.07, 6.45) is 2.70. The Morgan fingerprint density at radius 1 is 1.12 bits per heavy atom. The van der Waals surface area contributed by atoms with Gasteiger partial charge in [-0.15, -0.1) is 0 Å². The number of carbonyl (C=O) groups is 3. The topological polar surface area (TPSA) is 84.5 Å². The van der Waals surface area contributed by atoms with Crippen LogP contribution >= 0.6 is 11.6 Å². The Labute approximate surface area is 155 Å². The SMILES string of the molecule is CNC(=O)c1cccc(NC(=O)COC(=O)/C=C/c2ccccc2Cl)c1. The average Bonchev–Trinajstić information content (AvgIpc) is 2.65. The van der Waals surface area contributed by atoms with E-state index in [0.29, 0.717) is 21.8 Å². The molecule has 0 heterocycles. The molecule has 0 atom stereocenters. The molecule has 0 aliphatic heterocycles. The number of halogens is 1. The lowest BCUT2D eigenvalue weighted by Gasteiger charge is -2.07. The molecule has 0 saturated carbocycles. The summed E-state index contributed by atoms with van der Waals surface area (Å²) in [6, 6.07) is 13.4. The third-order valence-electron chi connectivity index (χ3n) is 3.29. The van der Waals surface area contributed by atoms with Crippen molar-refractivity contribution in [3.8, 4) is 0 Å². The quantitative estimate of drug-likeness (QED) is 0.603. The van der Waals surface area contributed by atoms with Gasteiger partial charge >= 0.3 is 5.97 Å². The van der Waals surface area contributed by atoms with Gasteiger partial charge in [0.15, 0.2) is 6.61 Å². The molecule has 0 radical (unpaired) electrons. The van der Waals surface area contributed by atoms with Crippen LogP contribution in [0, 0.1) is 0 Å². The normalized spacial score (nSPS) is 10.4. The van der Waals surface area contributed by atoms with Crippen LogP contribution in [0.5, 0.6) is 0 Å². The van der Waals surface area contributed by atoms with Crippen molar-refractivity contribution in [3.05, 3.63) is 70.8 Å². The third-order valence-corrected chi connectivity index (χ3v) is 3.63. The summed E-state index contributed by atoms with van der Waals surface area (Å²) in [4.78, 5) is 35.1. The zero-order valence-electron chi connectivity index (χ0n) is 14.0. The van der Waals surface area contributed by atoms with E-state index in [1.54, 1.807) is 42.5 Å². The molecule has 26 heavy (non-hydrogen) atoms. The lowest BCUT2D eigenvalue weighted by molar-refractivity contribution is -0.142. The molecule has 0 fully saturated rings. The molecule has 0 aliphatic rings. The zero-order chi connectivity index (χ0) is 18.9. The van der Waals surface area contributed by atoms with Gasteiger partial charge < -0.3 is 15.4 Å². The first-order valence-electron chi connectivity index (χ1n) is 7.71. The van der Waals surface area contributed by atoms with Crippen molar-refractivity contribution in [2.75, 3.05) is 19.0 Å². The summed E-state index contributed by atoms with van der Waals surface area (Å²) >= 11 is 5.98. The van der Waals surface area contributed by atoms with Gasteiger partial charge in [-0.25, -0.2) is 4.79 Å². The Kier molecular flexibility index (Phi) is 6.93. The van der Waals surface area contributed by atoms with Crippen LogP contribution in [0.1, 0.15) is 15.9 Å². The number of hydrogen-bond donors (Lipinski definition) is 2. The first-order chi connectivity index (χ1) is 12.5. The highest BCUT2D eigenvalue weighted by Gasteiger charge is 2.08. The van der Waals surface area contributed by atoms with Gasteiger partial charge in [0.2, 0.25) is 0 Å². The van der Waals surface area contributed by atoms with Crippen LogP contribution in [0.25, 0.3) is 6.08 Å². The van der Waals surface area contributed by atoms with Crippen LogP contribution < -0.4 is 10.6 Å². The van der Waals surface area contributed by atoms with Gasteiger partial charge in [0, 0.05) is 29.4 Å². The Balaban J connectivity index is 1.86. The molecular formula is C19H17ClN2O4. The summed E-state index contributed by atoms with van der Waals surface area (Å²) in [5.41, 5.74) is 1.50. The lowest BCUT2D eigenvalue weighted by atomic mass is 10.2. The predicted octanol–water partition coefficient (Wildman–Crippen LogP) is 2.89. The molecule has 0 aliphatic carbocycles. The fourth-order valence-corrected chi connectivity index (χ4v) is 2.23. The molecule has 0 bridgehead atoms. The van der Waals surface area contributed by atoms with Crippen LogP contribution in [0.2, 0.25) is 5.02 Å². The average molecular weight is 373 g/mol. The Morgan fingerprint density at radius 2 is 1.88 bits per heavy atom. The summed E-state index contributed by atoms with van der Waals surface area (Å²) in [7, 11) is 1.52. The number of nitrogens with one attached hydrogen (secondary N) is 2. The highest BCUT2D eigenvalue weighted by molar-refractivity contribution is 6.32. The molecule has 2 aromatic rings. The number of benzene rings is 2. The summed E-state index contributed by atoms with van der Waals surface area (Å²) < 4.78 is 4.88. The van der Waals surface area contributed by atoms with Crippen molar-refractivity contribution < 1.29 is 19.1 Å². The fourth-order valence-electron chi connectivity index (χ4n) is 2.03. The zero-order valence-corrected chi connectivity index (χ0v) is 14.7. The van der Waals surface area contributed by atoms with Crippen LogP contribution in [-0.4, -0.2) is 31.4 Å². The van der Waals surface area contributed by atoms with Gasteiger partial charge in [-0.05, 0) is 35.9 Å². The van der Waals surface area contributed by atoms with Gasteiger partial charge in [-0.3, -0.25) is 9.59 Å². The summed E-state index contributed by atoms with van der Waals surface area (Å²) in [6.45, 7) is -0.449. The molecule has 2 N–H and O–H groups in total. The second-order valence-electron chi connectivity index (χ2n) is 5.17. The Morgan fingerprint density at radius 3 is 2.62 bits per heavy atom. The van der Waals surface area contributed by atoms with Gasteiger partial charge in [0.05, 0.1) is 0 Å². The largest absolute Gasteiger partial charge is 0.452 e. The van der Waals surface area contributed by atoms with Crippen LogP contribution in [0.4, 0.5) is 5.69 Å². The molecule has 0 spiro atoms. The van der Waals surface area contributed by atoms with Gasteiger partial charge in [-0.2, -0.15) is 0 Å². The summed E-state index contributed by atoms with van der Waals surface area (Å²) in [5.74, 6) is -1.45. The van der Waals surface area contributed by atoms with E-state index in [1.165, 1.54) is 25.3 Å². The highest BCUT2D eigenvalue weighted by atomic mass is 35.5. The number of hydrogen-bond acceptors (Lipinski definition) is 4. The Bertz CT molecular complexity index is 849. The maximum absolute atomic E-state index is 11.9. The van der Waals surface area contributed by atoms with E-state index in [1.807, 2.05) is 0 Å². The maximum atomic E-state index is 11.9. The number of ether oxygens (including phenoxy) is 1. The molecule has 7 heteroatoms. The minimum atomic E-state index is -0.667. The highest BCUT2D eigenvalue weighted by Crippen LogP contribution is 2.16. The second-order valence-corrected chi connectivity index (χ2v) is 5.58. The van der Waals surface area contributed by atoms with E-state index in [9.17, 15) is 14.4 Å². The first kappa shape index (κ1) is 19.2. The van der Waals surface area contributed by atoms with Crippen LogP contribution in [-0.2, 0) is 14.3 Å². The van der Waals surface area contributed by atoms with E-state index >= 15 is 0 Å². The smallest absolute Gasteiger partial charge is 0.331 e. The van der Waals surface area contributed by atoms with E-state index in [0.717, 1.165) is 0 Å². The van der Waals surface area contributed by atoms with Crippen molar-refractivity contribution in [2.45, 2.75) is 0 Å². The standard InChI is InChI=1S/C19H17ClN2O4/c1-21-19(25)14-6-4-7-15(11-14)22-17(23)12-26-18(24)10-9-13-5-2-3-8-16(13)20/h2-11H,12H2,1H3,(H,21,25)(H,22,23)/b10-9+. The van der Waals surface area contributed by atoms with E-state index in [-0.39, 0.29) is 5.91 Å². The van der Waals surface area contributed by atoms with Crippen LogP contribution in [0.15, 0.2) is 54.6 Å².